The number of halogens is 9. The minimum Gasteiger partial charge on any atom is -0.479 e. The molecule has 0 aliphatic heterocycles. The number of hydrogen-bond donors (Lipinski definition) is 1. The molecule has 1 N–H and O–H groups in total. The Morgan fingerprint density at radius 1 is 1.24 bits per heavy atom. The van der Waals surface area contributed by atoms with Crippen molar-refractivity contribution >= 4 is 44.7 Å². The molecular weight excluding hydrogens is 540 g/mol. The van der Waals surface area contributed by atoms with Crippen LogP contribution in [-0.2, 0) is 0 Å². The van der Waals surface area contributed by atoms with Crippen LogP contribution in [0.1, 0.15) is 5.56 Å². The van der Waals surface area contributed by atoms with Gasteiger partial charge in [0, 0.05) is 10.0 Å². The fourth-order valence-electron chi connectivity index (χ4n) is 1.37. The first-order chi connectivity index (χ1) is 11.3. The summed E-state index contributed by atoms with van der Waals surface area (Å²) in [5.41, 5.74) is 0.550. The summed E-state index contributed by atoms with van der Waals surface area (Å²) >= 11 is 4.92. The molecule has 0 radical (unpaired) electrons. The average Bonchev–Trinajstić information content (AvgIpc) is 2.44. The quantitative estimate of drug-likeness (QED) is 0.139. The van der Waals surface area contributed by atoms with E-state index in [2.05, 4.69) is 27.0 Å². The molecule has 0 unspecified atom stereocenters. The third-order valence-electron chi connectivity index (χ3n) is 2.50. The predicted molar refractivity (Wildman–Crippen MR) is 87.9 cm³/mol. The lowest BCUT2D eigenvalue weighted by Crippen LogP contribution is -2.58. The Bertz CT molecular complexity index is 701. The molecule has 0 aliphatic carbocycles. The van der Waals surface area contributed by atoms with Crippen LogP contribution >= 0.6 is 38.5 Å². The van der Waals surface area contributed by atoms with E-state index in [-0.39, 0.29) is 17.9 Å². The average molecular weight is 547 g/mol. The van der Waals surface area contributed by atoms with Crippen molar-refractivity contribution in [2.75, 3.05) is 6.61 Å². The summed E-state index contributed by atoms with van der Waals surface area (Å²) < 4.78 is 93.8. The van der Waals surface area contributed by atoms with Crippen LogP contribution in [0, 0.1) is 15.9 Å². The summed E-state index contributed by atoms with van der Waals surface area (Å²) in [6.45, 7) is -0.186. The minimum absolute atomic E-state index is 0.0210. The molecule has 1 rings (SSSR count). The van der Waals surface area contributed by atoms with Crippen LogP contribution < -0.4 is 10.2 Å². The summed E-state index contributed by atoms with van der Waals surface area (Å²) in [5, 5.41) is 2.78. The Labute approximate surface area is 159 Å². The molecule has 12 heteroatoms. The van der Waals surface area contributed by atoms with Crippen LogP contribution in [0.4, 0.5) is 30.7 Å². The second-order valence-corrected chi connectivity index (χ2v) is 6.39. The van der Waals surface area contributed by atoms with E-state index in [1.165, 1.54) is 6.07 Å². The third-order valence-corrected chi connectivity index (χ3v) is 3.76. The standard InChI is InChI=1S/C13H7BrF7IN2O/c1-2-3-25-10-7(4-8(14)5-9(10)22)6-23-24-13(20,21)11(15,16)12(17,18)19/h1,4-6,24H,3H2/b23-6-. The van der Waals surface area contributed by atoms with Crippen LogP contribution in [-0.4, -0.2) is 31.0 Å². The fraction of sp³-hybridized carbons (Fsp3) is 0.308. The highest BCUT2D eigenvalue weighted by atomic mass is 127. The monoisotopic (exact) mass is 546 g/mol. The summed E-state index contributed by atoms with van der Waals surface area (Å²) in [7, 11) is 0. The zero-order chi connectivity index (χ0) is 19.5. The van der Waals surface area contributed by atoms with Crippen LogP contribution in [0.15, 0.2) is 21.7 Å². The molecule has 0 aromatic heterocycles. The van der Waals surface area contributed by atoms with Gasteiger partial charge in [0.15, 0.2) is 0 Å². The molecule has 0 amide bonds. The lowest BCUT2D eigenvalue weighted by Gasteiger charge is -2.27. The van der Waals surface area contributed by atoms with Crippen molar-refractivity contribution < 1.29 is 35.5 Å². The number of benzene rings is 1. The minimum atomic E-state index is -6.45. The first kappa shape index (κ1) is 21.8. The second kappa shape index (κ2) is 7.98. The van der Waals surface area contributed by atoms with Crippen molar-refractivity contribution in [3.63, 3.8) is 0 Å². The van der Waals surface area contributed by atoms with Gasteiger partial charge >= 0.3 is 18.1 Å². The Morgan fingerprint density at radius 2 is 1.84 bits per heavy atom. The van der Waals surface area contributed by atoms with Crippen molar-refractivity contribution in [1.29, 1.82) is 0 Å². The van der Waals surface area contributed by atoms with E-state index in [0.29, 0.717) is 19.7 Å². The molecule has 0 saturated heterocycles. The molecule has 1 aromatic rings. The fourth-order valence-corrected chi connectivity index (χ4v) is 3.08. The maximum Gasteiger partial charge on any atom is 0.462 e. The molecule has 0 aliphatic rings. The highest BCUT2D eigenvalue weighted by Gasteiger charge is 2.73. The van der Waals surface area contributed by atoms with Gasteiger partial charge in [-0.2, -0.15) is 35.8 Å². The highest BCUT2D eigenvalue weighted by Crippen LogP contribution is 2.45. The van der Waals surface area contributed by atoms with Gasteiger partial charge in [0.1, 0.15) is 12.4 Å². The van der Waals surface area contributed by atoms with Gasteiger partial charge in [0.05, 0.1) is 9.78 Å². The molecule has 1 aromatic carbocycles. The molecule has 138 valence electrons. The molecule has 0 fully saturated rings. The number of ether oxygens (including phenoxy) is 1. The van der Waals surface area contributed by atoms with Gasteiger partial charge in [0.25, 0.3) is 0 Å². The number of hydrogen-bond acceptors (Lipinski definition) is 3. The van der Waals surface area contributed by atoms with E-state index >= 15 is 0 Å². The predicted octanol–water partition coefficient (Wildman–Crippen LogP) is 4.78. The second-order valence-electron chi connectivity index (χ2n) is 4.32. The van der Waals surface area contributed by atoms with Crippen molar-refractivity contribution in [2.24, 2.45) is 5.10 Å². The van der Waals surface area contributed by atoms with Gasteiger partial charge < -0.3 is 4.74 Å². The Morgan fingerprint density at radius 3 is 2.36 bits per heavy atom. The molecule has 0 spiro atoms. The Balaban J connectivity index is 3.09. The van der Waals surface area contributed by atoms with Gasteiger partial charge in [-0.05, 0) is 34.7 Å². The van der Waals surface area contributed by atoms with E-state index in [1.807, 2.05) is 22.6 Å². The summed E-state index contributed by atoms with van der Waals surface area (Å²) in [5.74, 6) is -4.06. The molecule has 0 saturated carbocycles. The molecule has 0 atom stereocenters. The smallest absolute Gasteiger partial charge is 0.462 e. The zero-order valence-electron chi connectivity index (χ0n) is 11.8. The van der Waals surface area contributed by atoms with Crippen molar-refractivity contribution in [3.8, 4) is 18.1 Å². The Kier molecular flexibility index (Phi) is 6.96. The molecular formula is C13H7BrF7IN2O. The number of rotatable bonds is 6. The first-order valence-corrected chi connectivity index (χ1v) is 7.88. The molecule has 25 heavy (non-hydrogen) atoms. The van der Waals surface area contributed by atoms with Gasteiger partial charge in [-0.25, -0.2) is 5.43 Å². The number of terminal acetylenes is 1. The van der Waals surface area contributed by atoms with E-state index in [0.717, 1.165) is 0 Å². The van der Waals surface area contributed by atoms with E-state index in [9.17, 15) is 30.7 Å². The van der Waals surface area contributed by atoms with Crippen molar-refractivity contribution in [3.05, 3.63) is 25.7 Å². The number of nitrogens with zero attached hydrogens (tertiary/aromatic N) is 1. The normalized spacial score (nSPS) is 13.0. The first-order valence-electron chi connectivity index (χ1n) is 6.01. The highest BCUT2D eigenvalue weighted by molar-refractivity contribution is 14.1. The van der Waals surface area contributed by atoms with E-state index < -0.39 is 18.1 Å². The zero-order valence-corrected chi connectivity index (χ0v) is 15.5. The van der Waals surface area contributed by atoms with Gasteiger partial charge in [0.2, 0.25) is 0 Å². The maximum absolute atomic E-state index is 13.1. The lowest BCUT2D eigenvalue weighted by atomic mass is 10.2. The van der Waals surface area contributed by atoms with Gasteiger partial charge in [-0.3, -0.25) is 0 Å². The van der Waals surface area contributed by atoms with Crippen LogP contribution in [0.25, 0.3) is 0 Å². The van der Waals surface area contributed by atoms with Crippen molar-refractivity contribution in [2.45, 2.75) is 18.1 Å². The molecule has 0 bridgehead atoms. The van der Waals surface area contributed by atoms with Crippen LogP contribution in [0.5, 0.6) is 5.75 Å². The van der Waals surface area contributed by atoms with Crippen molar-refractivity contribution in [1.82, 2.24) is 5.43 Å². The van der Waals surface area contributed by atoms with E-state index in [1.54, 1.807) is 6.07 Å². The summed E-state index contributed by atoms with van der Waals surface area (Å²) in [6.07, 6.45) is -0.812. The number of hydrazone groups is 1. The Hall–Kier alpha value is -1.23. The van der Waals surface area contributed by atoms with E-state index in [4.69, 9.17) is 11.2 Å². The molecule has 3 nitrogen and oxygen atoms in total. The summed E-state index contributed by atoms with van der Waals surface area (Å²) in [4.78, 5) is 0. The largest absolute Gasteiger partial charge is 0.479 e. The number of nitrogens with one attached hydrogen (secondary N) is 1. The SMILES string of the molecule is C#CCOc1c(I)cc(Br)cc1/C=N\NC(F)(F)C(F)(F)C(F)(F)F. The lowest BCUT2D eigenvalue weighted by molar-refractivity contribution is -0.361. The number of alkyl halides is 7. The van der Waals surface area contributed by atoms with Crippen LogP contribution in [0.2, 0.25) is 0 Å². The third kappa shape index (κ3) is 5.13. The maximum atomic E-state index is 13.1. The van der Waals surface area contributed by atoms with Gasteiger partial charge in [-0.1, -0.05) is 21.9 Å². The summed E-state index contributed by atoms with van der Waals surface area (Å²) in [6, 6.07) is -2.76. The van der Waals surface area contributed by atoms with Gasteiger partial charge in [-0.15, -0.1) is 6.42 Å². The van der Waals surface area contributed by atoms with Crippen LogP contribution in [0.3, 0.4) is 0 Å². The molecule has 0 heterocycles. The topological polar surface area (TPSA) is 33.6 Å².